The van der Waals surface area contributed by atoms with Crippen LogP contribution in [0.2, 0.25) is 0 Å². The zero-order valence-electron chi connectivity index (χ0n) is 25.9. The van der Waals surface area contributed by atoms with Gasteiger partial charge in [0.05, 0.1) is 0 Å². The minimum absolute atomic E-state index is 0.211. The second-order valence-electron chi connectivity index (χ2n) is 12.2. The molecule has 0 aromatic heterocycles. The maximum Gasteiger partial charge on any atom is 0.411 e. The number of carbonyl (C=O) groups is 3. The molecule has 2 aliphatic rings. The Labute approximate surface area is 250 Å². The summed E-state index contributed by atoms with van der Waals surface area (Å²) in [7, 11) is 0. The van der Waals surface area contributed by atoms with E-state index in [-0.39, 0.29) is 18.4 Å². The number of rotatable bonds is 10. The van der Waals surface area contributed by atoms with Gasteiger partial charge in [-0.2, -0.15) is 0 Å². The van der Waals surface area contributed by atoms with E-state index in [1.807, 2.05) is 48.5 Å². The van der Waals surface area contributed by atoms with Gasteiger partial charge in [0.1, 0.15) is 17.5 Å². The SMILES string of the molecule is CC(C)N(CCNC(=O)C1c2ccc(Oc3ccccc3)cc2CCN1C(=O)OC(C)(C)C(=O)N1CCCC1)C(C)C. The van der Waals surface area contributed by atoms with Crippen LogP contribution < -0.4 is 10.1 Å². The van der Waals surface area contributed by atoms with Crippen LogP contribution in [0.15, 0.2) is 48.5 Å². The summed E-state index contributed by atoms with van der Waals surface area (Å²) >= 11 is 0. The molecule has 1 atom stereocenters. The smallest absolute Gasteiger partial charge is 0.411 e. The van der Waals surface area contributed by atoms with E-state index >= 15 is 0 Å². The molecular weight excluding hydrogens is 532 g/mol. The van der Waals surface area contributed by atoms with E-state index in [4.69, 9.17) is 9.47 Å². The van der Waals surface area contributed by atoms with Crippen molar-refractivity contribution >= 4 is 17.9 Å². The lowest BCUT2D eigenvalue weighted by Gasteiger charge is -2.38. The van der Waals surface area contributed by atoms with Gasteiger partial charge in [0.2, 0.25) is 5.91 Å². The van der Waals surface area contributed by atoms with Crippen molar-refractivity contribution < 1.29 is 23.9 Å². The van der Waals surface area contributed by atoms with Crippen LogP contribution in [0.3, 0.4) is 0 Å². The first kappa shape index (κ1) is 31.3. The van der Waals surface area contributed by atoms with Crippen molar-refractivity contribution in [1.82, 2.24) is 20.0 Å². The van der Waals surface area contributed by atoms with Crippen LogP contribution in [0.4, 0.5) is 4.79 Å². The molecule has 42 heavy (non-hydrogen) atoms. The van der Waals surface area contributed by atoms with E-state index in [9.17, 15) is 14.4 Å². The van der Waals surface area contributed by atoms with Gasteiger partial charge in [-0.05, 0) is 96.2 Å². The Morgan fingerprint density at radius 3 is 2.26 bits per heavy atom. The molecule has 0 bridgehead atoms. The standard InChI is InChI=1S/C33H46N4O5/c1-23(2)36(24(3)4)21-17-34-30(38)29-28-15-14-27(41-26-12-8-7-9-13-26)22-25(28)16-20-37(29)32(40)42-33(5,6)31(39)35-18-10-11-19-35/h7-9,12-15,22-24,29H,10-11,16-21H2,1-6H3,(H,34,38). The Bertz CT molecular complexity index is 1230. The van der Waals surface area contributed by atoms with Crippen molar-refractivity contribution in [3.05, 3.63) is 59.7 Å². The highest BCUT2D eigenvalue weighted by atomic mass is 16.6. The van der Waals surface area contributed by atoms with Crippen molar-refractivity contribution in [3.8, 4) is 11.5 Å². The first-order chi connectivity index (χ1) is 20.0. The Balaban J connectivity index is 1.56. The number of amides is 3. The summed E-state index contributed by atoms with van der Waals surface area (Å²) in [6, 6.07) is 14.9. The van der Waals surface area contributed by atoms with Gasteiger partial charge in [-0.25, -0.2) is 4.79 Å². The molecule has 1 saturated heterocycles. The normalized spacial score (nSPS) is 17.0. The van der Waals surface area contributed by atoms with Crippen LogP contribution in [-0.2, 0) is 20.7 Å². The fourth-order valence-electron chi connectivity index (χ4n) is 5.91. The predicted molar refractivity (Wildman–Crippen MR) is 162 cm³/mol. The highest BCUT2D eigenvalue weighted by Crippen LogP contribution is 2.35. The molecule has 0 saturated carbocycles. The molecule has 9 heteroatoms. The minimum atomic E-state index is -1.34. The monoisotopic (exact) mass is 578 g/mol. The van der Waals surface area contributed by atoms with Gasteiger partial charge in [0.25, 0.3) is 5.91 Å². The number of hydrogen-bond acceptors (Lipinski definition) is 6. The van der Waals surface area contributed by atoms with Crippen LogP contribution >= 0.6 is 0 Å². The Hall–Kier alpha value is -3.59. The number of likely N-dealkylation sites (tertiary alicyclic amines) is 1. The van der Waals surface area contributed by atoms with Gasteiger partial charge in [-0.3, -0.25) is 19.4 Å². The maximum absolute atomic E-state index is 13.8. The van der Waals surface area contributed by atoms with Gasteiger partial charge < -0.3 is 19.7 Å². The lowest BCUT2D eigenvalue weighted by Crippen LogP contribution is -2.53. The van der Waals surface area contributed by atoms with Gasteiger partial charge in [0.15, 0.2) is 5.60 Å². The zero-order valence-corrected chi connectivity index (χ0v) is 25.9. The average Bonchev–Trinajstić information content (AvgIpc) is 3.49. The largest absolute Gasteiger partial charge is 0.457 e. The molecule has 0 spiro atoms. The summed E-state index contributed by atoms with van der Waals surface area (Å²) in [5.74, 6) is 0.896. The van der Waals surface area contributed by atoms with E-state index in [1.54, 1.807) is 18.7 Å². The molecule has 2 aliphatic heterocycles. The number of fused-ring (bicyclic) bond motifs is 1. The first-order valence-corrected chi connectivity index (χ1v) is 15.2. The number of nitrogens with one attached hydrogen (secondary N) is 1. The fraction of sp³-hybridized carbons (Fsp3) is 0.545. The minimum Gasteiger partial charge on any atom is -0.457 e. The van der Waals surface area contributed by atoms with E-state index in [1.165, 1.54) is 4.90 Å². The molecule has 4 rings (SSSR count). The molecule has 9 nitrogen and oxygen atoms in total. The van der Waals surface area contributed by atoms with Crippen LogP contribution in [0.5, 0.6) is 11.5 Å². The Kier molecular flexibility index (Phi) is 10.1. The lowest BCUT2D eigenvalue weighted by molar-refractivity contribution is -0.148. The summed E-state index contributed by atoms with van der Waals surface area (Å²) in [5.41, 5.74) is 0.320. The van der Waals surface area contributed by atoms with Gasteiger partial charge in [0, 0.05) is 44.8 Å². The summed E-state index contributed by atoms with van der Waals surface area (Å²) in [4.78, 5) is 46.1. The van der Waals surface area contributed by atoms with Gasteiger partial charge in [-0.15, -0.1) is 0 Å². The van der Waals surface area contributed by atoms with Crippen LogP contribution in [0.25, 0.3) is 0 Å². The summed E-state index contributed by atoms with van der Waals surface area (Å²) in [5, 5.41) is 3.07. The van der Waals surface area contributed by atoms with Gasteiger partial charge >= 0.3 is 6.09 Å². The van der Waals surface area contributed by atoms with Crippen molar-refractivity contribution in [2.24, 2.45) is 0 Å². The summed E-state index contributed by atoms with van der Waals surface area (Å²) < 4.78 is 11.9. The molecule has 1 unspecified atom stereocenters. The predicted octanol–water partition coefficient (Wildman–Crippen LogP) is 5.15. The molecule has 3 amide bonds. The molecular formula is C33H46N4O5. The van der Waals surface area contributed by atoms with Crippen molar-refractivity contribution in [2.75, 3.05) is 32.7 Å². The molecule has 1 N–H and O–H groups in total. The third-order valence-electron chi connectivity index (χ3n) is 8.05. The Morgan fingerprint density at radius 2 is 1.62 bits per heavy atom. The molecule has 0 aliphatic carbocycles. The summed E-state index contributed by atoms with van der Waals surface area (Å²) in [6.07, 6.45) is 1.74. The van der Waals surface area contributed by atoms with E-state index in [0.29, 0.717) is 50.4 Å². The van der Waals surface area contributed by atoms with Crippen molar-refractivity contribution in [1.29, 1.82) is 0 Å². The van der Waals surface area contributed by atoms with Crippen LogP contribution in [-0.4, -0.2) is 83.0 Å². The maximum atomic E-state index is 13.8. The quantitative estimate of drug-likeness (QED) is 0.419. The topological polar surface area (TPSA) is 91.4 Å². The number of hydrogen-bond donors (Lipinski definition) is 1. The number of para-hydroxylation sites is 1. The highest BCUT2D eigenvalue weighted by Gasteiger charge is 2.42. The number of carbonyl (C=O) groups excluding carboxylic acids is 3. The van der Waals surface area contributed by atoms with Crippen LogP contribution in [0, 0.1) is 0 Å². The van der Waals surface area contributed by atoms with Crippen molar-refractivity contribution in [3.63, 3.8) is 0 Å². The third-order valence-corrected chi connectivity index (χ3v) is 8.05. The third kappa shape index (κ3) is 7.43. The fourth-order valence-corrected chi connectivity index (χ4v) is 5.91. The zero-order chi connectivity index (χ0) is 30.4. The van der Waals surface area contributed by atoms with Crippen LogP contribution in [0.1, 0.15) is 71.6 Å². The number of ether oxygens (including phenoxy) is 2. The molecule has 228 valence electrons. The molecule has 2 aromatic rings. The number of benzene rings is 2. The molecule has 2 aromatic carbocycles. The first-order valence-electron chi connectivity index (χ1n) is 15.2. The summed E-state index contributed by atoms with van der Waals surface area (Å²) in [6.45, 7) is 14.5. The van der Waals surface area contributed by atoms with E-state index < -0.39 is 17.7 Å². The molecule has 1 fully saturated rings. The average molecular weight is 579 g/mol. The highest BCUT2D eigenvalue weighted by molar-refractivity contribution is 5.90. The lowest BCUT2D eigenvalue weighted by atomic mass is 9.92. The van der Waals surface area contributed by atoms with Crippen molar-refractivity contribution in [2.45, 2.75) is 84.5 Å². The second-order valence-corrected chi connectivity index (χ2v) is 12.2. The number of nitrogens with zero attached hydrogens (tertiary/aromatic N) is 3. The molecule has 2 heterocycles. The van der Waals surface area contributed by atoms with Gasteiger partial charge in [-0.1, -0.05) is 24.3 Å². The van der Waals surface area contributed by atoms with E-state index in [0.717, 1.165) is 29.7 Å². The van der Waals surface area contributed by atoms with E-state index in [2.05, 4.69) is 37.9 Å². The molecule has 0 radical (unpaired) electrons. The Morgan fingerprint density at radius 1 is 0.952 bits per heavy atom. The second kappa shape index (κ2) is 13.6.